The maximum Gasteiger partial charge on any atom is 0.331 e. The van der Waals surface area contributed by atoms with Crippen LogP contribution in [0, 0.1) is 5.92 Å². The van der Waals surface area contributed by atoms with Crippen molar-refractivity contribution >= 4 is 79.2 Å². The fraction of sp³-hybridized carbons (Fsp3) is 0.411. The average Bonchev–Trinajstić information content (AvgIpc) is 1.91. The molecule has 1 saturated heterocycles. The highest BCUT2D eigenvalue weighted by Crippen LogP contribution is 2.46. The second-order valence-electron chi connectivity index (χ2n) is 30.2. The molecule has 0 aromatic heterocycles. The van der Waals surface area contributed by atoms with Crippen LogP contribution < -0.4 is 26.5 Å². The van der Waals surface area contributed by atoms with Crippen molar-refractivity contribution in [1.29, 1.82) is 0 Å². The molecule has 8 aromatic carbocycles. The number of ether oxygens (including phenoxy) is 3. The number of nitrogens with two attached hydrogens (primary N) is 1. The van der Waals surface area contributed by atoms with Crippen molar-refractivity contribution in [3.05, 3.63) is 241 Å². The van der Waals surface area contributed by atoms with Gasteiger partial charge in [-0.1, -0.05) is 288 Å². The molecule has 11 rings (SSSR count). The number of amides is 1. The summed E-state index contributed by atoms with van der Waals surface area (Å²) in [7, 11) is -5.17. The van der Waals surface area contributed by atoms with Crippen LogP contribution in [0.3, 0.4) is 0 Å². The number of hydrogen-bond donors (Lipinski definition) is 2. The number of esters is 2. The van der Waals surface area contributed by atoms with Crippen LogP contribution in [0.1, 0.15) is 161 Å². The van der Waals surface area contributed by atoms with Gasteiger partial charge in [-0.25, -0.2) is 4.79 Å². The van der Waals surface area contributed by atoms with Gasteiger partial charge in [0.05, 0.1) is 25.7 Å². The first kappa shape index (κ1) is 86.2. The molecule has 0 radical (unpaired) electrons. The fourth-order valence-electron chi connectivity index (χ4n) is 14.8. The van der Waals surface area contributed by atoms with E-state index in [1.54, 1.807) is 4.90 Å². The van der Waals surface area contributed by atoms with Gasteiger partial charge >= 0.3 is 11.9 Å². The number of halogens is 1. The molecule has 0 bridgehead atoms. The normalized spacial score (nSPS) is 13.4. The van der Waals surface area contributed by atoms with E-state index >= 15 is 0 Å². The fourth-order valence-corrected chi connectivity index (χ4v) is 24.1. The summed E-state index contributed by atoms with van der Waals surface area (Å²) >= 11 is 0. The summed E-state index contributed by atoms with van der Waals surface area (Å²) in [6.07, 6.45) is 7.23. The quantitative estimate of drug-likeness (QED) is 0.0231. The van der Waals surface area contributed by atoms with E-state index in [-0.39, 0.29) is 90.6 Å². The van der Waals surface area contributed by atoms with E-state index in [4.69, 9.17) is 33.9 Å². The van der Waals surface area contributed by atoms with Gasteiger partial charge in [-0.3, -0.25) is 24.1 Å². The molecular weight excluding hydrogens is 1390 g/mol. The summed E-state index contributed by atoms with van der Waals surface area (Å²) in [6, 6.07) is 74.9. The van der Waals surface area contributed by atoms with E-state index in [1.165, 1.54) is 78.1 Å². The summed E-state index contributed by atoms with van der Waals surface area (Å²) in [5.74, 6) is -0.426. The molecule has 1 fully saturated rings. The number of rotatable bonds is 32. The Labute approximate surface area is 645 Å². The summed E-state index contributed by atoms with van der Waals surface area (Å²) in [6.45, 7) is 26.3. The lowest BCUT2D eigenvalue weighted by atomic mass is 9.98. The number of aliphatic hydroxyl groups excluding tert-OH is 1. The van der Waals surface area contributed by atoms with Crippen molar-refractivity contribution in [3.63, 3.8) is 0 Å². The predicted octanol–water partition coefficient (Wildman–Crippen LogP) is 15.1. The number of carbonyl (C=O) groups excluding carboxylic acids is 5. The van der Waals surface area contributed by atoms with Gasteiger partial charge in [-0.05, 0) is 133 Å². The third kappa shape index (κ3) is 23.3. The van der Waals surface area contributed by atoms with E-state index in [0.717, 1.165) is 38.9 Å². The first-order chi connectivity index (χ1) is 51.1. The van der Waals surface area contributed by atoms with Gasteiger partial charge in [0.25, 0.3) is 16.6 Å². The molecular formula is C90H116ClN3O11Si2. The number of unbranched alkanes of at least 4 members (excludes halogenated alkanes) is 2. The van der Waals surface area contributed by atoms with E-state index < -0.39 is 35.3 Å². The SMILES string of the molecule is C1CCOC1.CCC(=O)CN(CCCCO[Si](c1ccccc1)(c1ccccc1)C(C)(C)C)C(=O)[C@@H](N)CC(C)C.CCC(=O)CN(CCCCO[Si](c1ccccc1)(c1ccccc1)C(C)(C)C)CC(=O)OCC1c2ccccc2-c2ccccc21.Cl.O=C(CO)OCC1c2ccccc2-c2ccccc21. The van der Waals surface area contributed by atoms with Gasteiger partial charge in [-0.15, -0.1) is 12.4 Å². The van der Waals surface area contributed by atoms with Gasteiger partial charge < -0.3 is 38.8 Å². The Hall–Kier alpha value is -8.01. The highest BCUT2D eigenvalue weighted by atomic mass is 35.5. The zero-order chi connectivity index (χ0) is 76.1. The lowest BCUT2D eigenvalue weighted by molar-refractivity contribution is -0.147. The molecule has 1 atom stereocenters. The highest BCUT2D eigenvalue weighted by Gasteiger charge is 2.51. The number of aliphatic hydroxyl groups is 1. The maximum atomic E-state index is 13.2. The standard InChI is InChI=1S/C40H47NO4Si.C30H46N2O3Si.C16H14O3.C4H8O.ClH/c1-5-31(42)28-41(29-39(43)44-30-38-36-24-14-12-22-34(36)35-23-13-15-25-37(35)38)26-16-17-27-45-46(40(2,3)4,32-18-8-6-9-19-32)33-20-10-7-11-21-33;1-7-25(33)23-32(29(34)28(31)22-24(2)3)20-14-15-21-35-36(30(4,5)6,26-16-10-8-11-17-26)27-18-12-9-13-19-27;17-9-16(18)19-10-15-13-7-3-1-5-11(13)12-6-2-4-8-14(12)15;1-2-4-5-3-1;/h6-15,18-25,38H,5,16-17,26-30H2,1-4H3;8-13,16-19,24,28H,7,14-15,20-23,31H2,1-6H3;1-8,15,17H,9-10H2;1-4H2;1H/t;28-;;;/m.0.../s1. The van der Waals surface area contributed by atoms with Crippen LogP contribution in [0.4, 0.5) is 0 Å². The van der Waals surface area contributed by atoms with E-state index in [9.17, 15) is 24.0 Å². The van der Waals surface area contributed by atoms with Crippen molar-refractivity contribution in [1.82, 2.24) is 9.80 Å². The van der Waals surface area contributed by atoms with Gasteiger partial charge in [-0.2, -0.15) is 0 Å². The molecule has 17 heteroatoms. The van der Waals surface area contributed by atoms with Crippen LogP contribution >= 0.6 is 12.4 Å². The smallest absolute Gasteiger partial charge is 0.331 e. The number of fused-ring (bicyclic) bond motifs is 6. The van der Waals surface area contributed by atoms with Crippen LogP contribution in [-0.4, -0.2) is 146 Å². The molecule has 0 unspecified atom stereocenters. The molecule has 1 heterocycles. The number of benzene rings is 8. The zero-order valence-electron chi connectivity index (χ0n) is 64.9. The minimum absolute atomic E-state index is 0. The third-order valence-electron chi connectivity index (χ3n) is 20.1. The second-order valence-corrected chi connectivity index (χ2v) is 38.8. The molecule has 1 amide bonds. The summed E-state index contributed by atoms with van der Waals surface area (Å²) in [4.78, 5) is 65.5. The summed E-state index contributed by atoms with van der Waals surface area (Å²) in [5.41, 5.74) is 15.7. The predicted molar refractivity (Wildman–Crippen MR) is 440 cm³/mol. The third-order valence-corrected chi connectivity index (χ3v) is 30.2. The number of ketones is 2. The number of carbonyl (C=O) groups is 5. The first-order valence-electron chi connectivity index (χ1n) is 38.2. The maximum absolute atomic E-state index is 13.2. The van der Waals surface area contributed by atoms with Crippen LogP contribution in [-0.2, 0) is 47.0 Å². The molecule has 14 nitrogen and oxygen atoms in total. The molecule has 2 aliphatic carbocycles. The number of hydrogen-bond acceptors (Lipinski definition) is 13. The van der Waals surface area contributed by atoms with Crippen molar-refractivity contribution in [2.45, 2.75) is 155 Å². The number of Topliss-reactive ketones (excluding diaryl/α,β-unsaturated/α-hetero) is 2. The minimum atomic E-state index is -2.60. The average molecular weight is 1510 g/mol. The Kier molecular flexibility index (Phi) is 34.4. The first-order valence-corrected chi connectivity index (χ1v) is 42.1. The molecule has 572 valence electrons. The van der Waals surface area contributed by atoms with Crippen LogP contribution in [0.15, 0.2) is 218 Å². The van der Waals surface area contributed by atoms with E-state index in [2.05, 4.69) is 213 Å². The van der Waals surface area contributed by atoms with Crippen molar-refractivity contribution < 1.29 is 52.1 Å². The Morgan fingerprint density at radius 3 is 1.14 bits per heavy atom. The Morgan fingerprint density at radius 2 is 0.813 bits per heavy atom. The Morgan fingerprint density at radius 1 is 0.477 bits per heavy atom. The lowest BCUT2D eigenvalue weighted by Crippen LogP contribution is -2.66. The van der Waals surface area contributed by atoms with Crippen molar-refractivity contribution in [3.8, 4) is 22.3 Å². The molecule has 3 aliphatic rings. The zero-order valence-corrected chi connectivity index (χ0v) is 67.7. The Bertz CT molecular complexity index is 3860. The van der Waals surface area contributed by atoms with Gasteiger partial charge in [0, 0.05) is 57.6 Å². The topological polar surface area (TPSA) is 184 Å². The van der Waals surface area contributed by atoms with Crippen molar-refractivity contribution in [2.24, 2.45) is 11.7 Å². The van der Waals surface area contributed by atoms with Gasteiger partial charge in [0.15, 0.2) is 5.78 Å². The van der Waals surface area contributed by atoms with Gasteiger partial charge in [0.1, 0.15) is 25.6 Å². The van der Waals surface area contributed by atoms with Crippen LogP contribution in [0.2, 0.25) is 10.1 Å². The van der Waals surface area contributed by atoms with E-state index in [0.29, 0.717) is 51.5 Å². The van der Waals surface area contributed by atoms with E-state index in [1.807, 2.05) is 79.4 Å². The largest absolute Gasteiger partial charge is 0.464 e. The summed E-state index contributed by atoms with van der Waals surface area (Å²) in [5, 5.41) is 13.6. The lowest BCUT2D eigenvalue weighted by Gasteiger charge is -2.43. The highest BCUT2D eigenvalue weighted by molar-refractivity contribution is 7.00. The molecule has 8 aromatic rings. The van der Waals surface area contributed by atoms with Crippen molar-refractivity contribution in [2.75, 3.05) is 79.0 Å². The molecule has 1 aliphatic heterocycles. The molecule has 0 spiro atoms. The molecule has 0 saturated carbocycles. The Balaban J connectivity index is 0.000000230. The molecule has 107 heavy (non-hydrogen) atoms. The number of nitrogens with zero attached hydrogens (tertiary/aromatic N) is 2. The minimum Gasteiger partial charge on any atom is -0.464 e. The summed E-state index contributed by atoms with van der Waals surface area (Å²) < 4.78 is 29.9. The van der Waals surface area contributed by atoms with Crippen LogP contribution in [0.25, 0.3) is 22.3 Å². The van der Waals surface area contributed by atoms with Gasteiger partial charge in [0.2, 0.25) is 5.91 Å². The van der Waals surface area contributed by atoms with Crippen LogP contribution in [0.5, 0.6) is 0 Å². The molecule has 3 N–H and O–H groups in total. The second kappa shape index (κ2) is 42.7. The monoisotopic (exact) mass is 1510 g/mol.